The fourth-order valence-corrected chi connectivity index (χ4v) is 6.61. The molecule has 1 saturated heterocycles. The molecule has 5 heteroatoms. The van der Waals surface area contributed by atoms with Gasteiger partial charge in [-0.3, -0.25) is 4.31 Å². The standard InChI is InChI=1S/C21H26N2O2S/c1-14-6-8-21(16(3)11-14)26(24,25)23-19-7-5-15(2)12-17(19)18-13-22(4)10-9-20(18)23/h5-8,11-12,18,20H,9-10,13H2,1-4H3/p+1/t18-,20+/m1/s1. The van der Waals surface area contributed by atoms with E-state index in [1.54, 1.807) is 10.4 Å². The number of aryl methyl sites for hydroxylation is 3. The maximum Gasteiger partial charge on any atom is 0.264 e. The van der Waals surface area contributed by atoms with E-state index in [0.717, 1.165) is 36.3 Å². The third-order valence-corrected chi connectivity index (χ3v) is 7.89. The van der Waals surface area contributed by atoms with Crippen LogP contribution < -0.4 is 9.21 Å². The average Bonchev–Trinajstić information content (AvgIpc) is 2.88. The number of likely N-dealkylation sites (tertiary alicyclic amines) is 1. The molecule has 138 valence electrons. The predicted octanol–water partition coefficient (Wildman–Crippen LogP) is 2.19. The molecule has 2 aliphatic heterocycles. The number of nitrogens with one attached hydrogen (secondary N) is 1. The molecule has 1 fully saturated rings. The van der Waals surface area contributed by atoms with Crippen LogP contribution in [0.15, 0.2) is 41.3 Å². The molecule has 2 aliphatic rings. The van der Waals surface area contributed by atoms with Crippen molar-refractivity contribution < 1.29 is 13.3 Å². The van der Waals surface area contributed by atoms with Crippen LogP contribution in [0, 0.1) is 20.8 Å². The number of nitrogens with zero attached hydrogens (tertiary/aromatic N) is 1. The van der Waals surface area contributed by atoms with Crippen molar-refractivity contribution in [3.8, 4) is 0 Å². The lowest BCUT2D eigenvalue weighted by molar-refractivity contribution is -0.886. The zero-order valence-corrected chi connectivity index (χ0v) is 16.7. The van der Waals surface area contributed by atoms with E-state index in [2.05, 4.69) is 20.0 Å². The first kappa shape index (κ1) is 17.6. The molecule has 0 bridgehead atoms. The summed E-state index contributed by atoms with van der Waals surface area (Å²) in [5, 5.41) is 0. The average molecular weight is 372 g/mol. The van der Waals surface area contributed by atoms with Crippen LogP contribution in [0.25, 0.3) is 0 Å². The molecule has 0 aliphatic carbocycles. The third kappa shape index (κ3) is 2.65. The molecule has 0 radical (unpaired) electrons. The van der Waals surface area contributed by atoms with E-state index in [9.17, 15) is 8.42 Å². The molecule has 2 aromatic carbocycles. The summed E-state index contributed by atoms with van der Waals surface area (Å²) in [6.07, 6.45) is 0.897. The monoisotopic (exact) mass is 371 g/mol. The lowest BCUT2D eigenvalue weighted by Crippen LogP contribution is -3.11. The Labute approximate surface area is 156 Å². The number of fused-ring (bicyclic) bond motifs is 3. The summed E-state index contributed by atoms with van der Waals surface area (Å²) < 4.78 is 29.1. The minimum atomic E-state index is -3.58. The number of anilines is 1. The van der Waals surface area contributed by atoms with E-state index in [1.807, 2.05) is 38.1 Å². The van der Waals surface area contributed by atoms with Crippen LogP contribution in [0.4, 0.5) is 5.69 Å². The second-order valence-electron chi connectivity index (χ2n) is 8.01. The predicted molar refractivity (Wildman–Crippen MR) is 105 cm³/mol. The lowest BCUT2D eigenvalue weighted by Gasteiger charge is -2.35. The maximum atomic E-state index is 13.7. The van der Waals surface area contributed by atoms with Crippen LogP contribution in [0.2, 0.25) is 0 Å². The number of rotatable bonds is 2. The van der Waals surface area contributed by atoms with Gasteiger partial charge in [-0.25, -0.2) is 8.42 Å². The summed E-state index contributed by atoms with van der Waals surface area (Å²) in [7, 11) is -1.37. The van der Waals surface area contributed by atoms with Gasteiger partial charge < -0.3 is 4.90 Å². The molecule has 1 N–H and O–H groups in total. The van der Waals surface area contributed by atoms with E-state index >= 15 is 0 Å². The summed E-state index contributed by atoms with van der Waals surface area (Å²) in [4.78, 5) is 1.91. The Morgan fingerprint density at radius 1 is 1.04 bits per heavy atom. The van der Waals surface area contributed by atoms with E-state index in [1.165, 1.54) is 16.0 Å². The van der Waals surface area contributed by atoms with Gasteiger partial charge in [0.15, 0.2) is 0 Å². The van der Waals surface area contributed by atoms with Gasteiger partial charge in [0.05, 0.1) is 42.7 Å². The Morgan fingerprint density at radius 3 is 2.46 bits per heavy atom. The second-order valence-corrected chi connectivity index (χ2v) is 9.79. The van der Waals surface area contributed by atoms with Crippen LogP contribution in [-0.2, 0) is 10.0 Å². The fraction of sp³-hybridized carbons (Fsp3) is 0.429. The Bertz CT molecular complexity index is 968. The highest BCUT2D eigenvalue weighted by atomic mass is 32.2. The summed E-state index contributed by atoms with van der Waals surface area (Å²) in [6, 6.07) is 11.8. The van der Waals surface area contributed by atoms with Crippen LogP contribution in [0.1, 0.15) is 34.6 Å². The molecule has 2 aromatic rings. The number of likely N-dealkylation sites (N-methyl/N-ethyl adjacent to an activating group) is 1. The molecule has 4 nitrogen and oxygen atoms in total. The Morgan fingerprint density at radius 2 is 1.73 bits per heavy atom. The van der Waals surface area contributed by atoms with Crippen molar-refractivity contribution in [1.29, 1.82) is 0 Å². The summed E-state index contributed by atoms with van der Waals surface area (Å²) in [6.45, 7) is 7.96. The molecule has 0 amide bonds. The number of hydrogen-bond acceptors (Lipinski definition) is 2. The van der Waals surface area contributed by atoms with Crippen molar-refractivity contribution in [1.82, 2.24) is 0 Å². The topological polar surface area (TPSA) is 41.8 Å². The molecular weight excluding hydrogens is 344 g/mol. The summed E-state index contributed by atoms with van der Waals surface area (Å²) in [5.74, 6) is 0.277. The lowest BCUT2D eigenvalue weighted by atomic mass is 9.89. The first-order chi connectivity index (χ1) is 12.3. The first-order valence-electron chi connectivity index (χ1n) is 9.32. The number of quaternary nitrogens is 1. The second kappa shape index (κ2) is 6.10. The Hall–Kier alpha value is -1.85. The fourth-order valence-electron chi connectivity index (χ4n) is 4.66. The van der Waals surface area contributed by atoms with E-state index in [4.69, 9.17) is 0 Å². The minimum Gasteiger partial charge on any atom is -0.337 e. The van der Waals surface area contributed by atoms with Crippen molar-refractivity contribution in [2.24, 2.45) is 0 Å². The Kier molecular flexibility index (Phi) is 4.12. The number of piperidine rings is 1. The molecule has 1 unspecified atom stereocenters. The Balaban J connectivity index is 1.88. The van der Waals surface area contributed by atoms with Crippen LogP contribution >= 0.6 is 0 Å². The largest absolute Gasteiger partial charge is 0.337 e. The van der Waals surface area contributed by atoms with Gasteiger partial charge >= 0.3 is 0 Å². The smallest absolute Gasteiger partial charge is 0.264 e. The van der Waals surface area contributed by atoms with Crippen molar-refractivity contribution in [3.05, 3.63) is 58.7 Å². The molecule has 26 heavy (non-hydrogen) atoms. The molecule has 0 saturated carbocycles. The summed E-state index contributed by atoms with van der Waals surface area (Å²) >= 11 is 0. The third-order valence-electron chi connectivity index (χ3n) is 5.89. The van der Waals surface area contributed by atoms with Crippen molar-refractivity contribution >= 4 is 15.7 Å². The van der Waals surface area contributed by atoms with Gasteiger partial charge in [-0.2, -0.15) is 0 Å². The zero-order chi connectivity index (χ0) is 18.6. The highest BCUT2D eigenvalue weighted by Crippen LogP contribution is 2.46. The highest BCUT2D eigenvalue weighted by molar-refractivity contribution is 7.93. The van der Waals surface area contributed by atoms with Crippen LogP contribution in [-0.4, -0.2) is 34.6 Å². The van der Waals surface area contributed by atoms with E-state index < -0.39 is 10.0 Å². The molecular formula is C21H27N2O2S+. The van der Waals surface area contributed by atoms with Crippen molar-refractivity contribution in [2.75, 3.05) is 24.4 Å². The quantitative estimate of drug-likeness (QED) is 0.879. The van der Waals surface area contributed by atoms with Crippen LogP contribution in [0.3, 0.4) is 0 Å². The van der Waals surface area contributed by atoms with Gasteiger partial charge in [-0.15, -0.1) is 0 Å². The molecule has 0 aromatic heterocycles. The molecule has 0 spiro atoms. The minimum absolute atomic E-state index is 0.0289. The van der Waals surface area contributed by atoms with Crippen molar-refractivity contribution in [3.63, 3.8) is 0 Å². The molecule has 2 heterocycles. The van der Waals surface area contributed by atoms with Crippen molar-refractivity contribution in [2.45, 2.75) is 44.0 Å². The van der Waals surface area contributed by atoms with Crippen LogP contribution in [0.5, 0.6) is 0 Å². The first-order valence-corrected chi connectivity index (χ1v) is 10.8. The number of hydrogen-bond donors (Lipinski definition) is 1. The van der Waals surface area contributed by atoms with Gasteiger partial charge in [0, 0.05) is 6.42 Å². The number of benzene rings is 2. The van der Waals surface area contributed by atoms with Gasteiger partial charge in [0.2, 0.25) is 0 Å². The van der Waals surface area contributed by atoms with Gasteiger partial charge in [0.1, 0.15) is 0 Å². The van der Waals surface area contributed by atoms with Gasteiger partial charge in [-0.1, -0.05) is 35.4 Å². The summed E-state index contributed by atoms with van der Waals surface area (Å²) in [5.41, 5.74) is 5.17. The molecule has 3 atom stereocenters. The number of sulfonamides is 1. The maximum absolute atomic E-state index is 13.7. The zero-order valence-electron chi connectivity index (χ0n) is 15.9. The van der Waals surface area contributed by atoms with E-state index in [-0.39, 0.29) is 12.0 Å². The normalized spacial score (nSPS) is 25.1. The highest BCUT2D eigenvalue weighted by Gasteiger charge is 2.48. The SMILES string of the molecule is Cc1ccc(S(=O)(=O)N2c3ccc(C)cc3[C@H]3C[NH+](C)CC[C@@H]32)c(C)c1. The van der Waals surface area contributed by atoms with Gasteiger partial charge in [0.25, 0.3) is 10.0 Å². The van der Waals surface area contributed by atoms with E-state index in [0.29, 0.717) is 4.90 Å². The van der Waals surface area contributed by atoms with Gasteiger partial charge in [-0.05, 0) is 44.0 Å². The molecule has 4 rings (SSSR count).